The lowest BCUT2D eigenvalue weighted by Crippen LogP contribution is -2.23. The highest BCUT2D eigenvalue weighted by Crippen LogP contribution is 2.12. The highest BCUT2D eigenvalue weighted by Gasteiger charge is 2.13. The Hall–Kier alpha value is -1.69. The van der Waals surface area contributed by atoms with Crippen LogP contribution in [0.5, 0.6) is 0 Å². The topological polar surface area (TPSA) is 72.2 Å². The van der Waals surface area contributed by atoms with Gasteiger partial charge in [-0.3, -0.25) is 0 Å². The molecule has 0 aromatic heterocycles. The van der Waals surface area contributed by atoms with E-state index in [0.717, 1.165) is 23.1 Å². The standard InChI is InChI=1S/C16H20N2O2S/c1-13-3-2-4-15(11-13)12-18-21(19,20)16-7-5-14(6-8-16)9-10-17/h2-8,11,18H,9-10,12,17H2,1H3. The van der Waals surface area contributed by atoms with Crippen LogP contribution in [0.3, 0.4) is 0 Å². The van der Waals surface area contributed by atoms with Crippen molar-refractivity contribution in [2.75, 3.05) is 6.54 Å². The van der Waals surface area contributed by atoms with Crippen molar-refractivity contribution in [3.63, 3.8) is 0 Å². The van der Waals surface area contributed by atoms with Gasteiger partial charge in [-0.25, -0.2) is 13.1 Å². The van der Waals surface area contributed by atoms with E-state index in [4.69, 9.17) is 5.73 Å². The molecule has 0 radical (unpaired) electrons. The molecule has 0 saturated carbocycles. The van der Waals surface area contributed by atoms with Crippen molar-refractivity contribution in [3.8, 4) is 0 Å². The van der Waals surface area contributed by atoms with E-state index in [2.05, 4.69) is 4.72 Å². The Bertz CT molecular complexity index is 694. The van der Waals surface area contributed by atoms with Crippen LogP contribution in [-0.4, -0.2) is 15.0 Å². The average molecular weight is 304 g/mol. The smallest absolute Gasteiger partial charge is 0.240 e. The van der Waals surface area contributed by atoms with Gasteiger partial charge in [0.1, 0.15) is 0 Å². The van der Waals surface area contributed by atoms with Crippen LogP contribution in [0.1, 0.15) is 16.7 Å². The first kappa shape index (κ1) is 15.7. The van der Waals surface area contributed by atoms with Gasteiger partial charge in [0, 0.05) is 6.54 Å². The van der Waals surface area contributed by atoms with Crippen LogP contribution in [0.4, 0.5) is 0 Å². The molecule has 0 aliphatic rings. The number of nitrogens with two attached hydrogens (primary N) is 1. The molecule has 0 aliphatic carbocycles. The third-order valence-electron chi connectivity index (χ3n) is 3.22. The van der Waals surface area contributed by atoms with Crippen LogP contribution < -0.4 is 10.5 Å². The first-order chi connectivity index (χ1) is 10.0. The summed E-state index contributed by atoms with van der Waals surface area (Å²) in [5.41, 5.74) is 8.57. The molecule has 3 N–H and O–H groups in total. The van der Waals surface area contributed by atoms with Crippen LogP contribution in [0.25, 0.3) is 0 Å². The zero-order valence-corrected chi connectivity index (χ0v) is 12.9. The second-order valence-electron chi connectivity index (χ2n) is 5.00. The van der Waals surface area contributed by atoms with Crippen molar-refractivity contribution in [1.29, 1.82) is 0 Å². The monoisotopic (exact) mass is 304 g/mol. The van der Waals surface area contributed by atoms with Crippen molar-refractivity contribution in [2.24, 2.45) is 5.73 Å². The molecule has 2 aromatic carbocycles. The largest absolute Gasteiger partial charge is 0.330 e. The Kier molecular flexibility index (Phi) is 5.12. The predicted octanol–water partition coefficient (Wildman–Crippen LogP) is 1.97. The van der Waals surface area contributed by atoms with Gasteiger partial charge in [-0.05, 0) is 43.1 Å². The third-order valence-corrected chi connectivity index (χ3v) is 4.63. The fourth-order valence-electron chi connectivity index (χ4n) is 2.09. The first-order valence-corrected chi connectivity index (χ1v) is 8.34. The lowest BCUT2D eigenvalue weighted by atomic mass is 10.1. The molecule has 0 spiro atoms. The molecular formula is C16H20N2O2S. The van der Waals surface area contributed by atoms with Crippen molar-refractivity contribution >= 4 is 10.0 Å². The molecule has 4 nitrogen and oxygen atoms in total. The van der Waals surface area contributed by atoms with Gasteiger partial charge in [0.15, 0.2) is 0 Å². The Morgan fingerprint density at radius 3 is 2.38 bits per heavy atom. The summed E-state index contributed by atoms with van der Waals surface area (Å²) >= 11 is 0. The van der Waals surface area contributed by atoms with E-state index in [1.54, 1.807) is 24.3 Å². The number of aryl methyl sites for hydroxylation is 1. The highest BCUT2D eigenvalue weighted by molar-refractivity contribution is 7.89. The molecule has 0 aliphatic heterocycles. The minimum atomic E-state index is -3.48. The molecule has 2 rings (SSSR count). The van der Waals surface area contributed by atoms with Gasteiger partial charge in [0.2, 0.25) is 10.0 Å². The average Bonchev–Trinajstić information content (AvgIpc) is 2.46. The molecule has 0 unspecified atom stereocenters. The van der Waals surface area contributed by atoms with E-state index in [1.807, 2.05) is 31.2 Å². The van der Waals surface area contributed by atoms with Crippen molar-refractivity contribution < 1.29 is 8.42 Å². The summed E-state index contributed by atoms with van der Waals surface area (Å²) in [7, 11) is -3.48. The normalized spacial score (nSPS) is 11.5. The fraction of sp³-hybridized carbons (Fsp3) is 0.250. The lowest BCUT2D eigenvalue weighted by Gasteiger charge is -2.08. The molecule has 0 fully saturated rings. The summed E-state index contributed by atoms with van der Waals surface area (Å²) in [6.45, 7) is 2.82. The second kappa shape index (κ2) is 6.85. The highest BCUT2D eigenvalue weighted by atomic mass is 32.2. The zero-order chi connectivity index (χ0) is 15.3. The van der Waals surface area contributed by atoms with Crippen LogP contribution in [0.2, 0.25) is 0 Å². The molecule has 5 heteroatoms. The van der Waals surface area contributed by atoms with E-state index < -0.39 is 10.0 Å². The summed E-state index contributed by atoms with van der Waals surface area (Å²) in [6, 6.07) is 14.6. The number of nitrogens with one attached hydrogen (secondary N) is 1. The van der Waals surface area contributed by atoms with E-state index in [0.29, 0.717) is 6.54 Å². The molecule has 21 heavy (non-hydrogen) atoms. The number of hydrogen-bond donors (Lipinski definition) is 2. The first-order valence-electron chi connectivity index (χ1n) is 6.85. The van der Waals surface area contributed by atoms with Crippen LogP contribution in [0, 0.1) is 6.92 Å². The third kappa shape index (κ3) is 4.39. The van der Waals surface area contributed by atoms with Crippen molar-refractivity contribution in [2.45, 2.75) is 24.8 Å². The summed E-state index contributed by atoms with van der Waals surface area (Å²) in [4.78, 5) is 0.274. The van der Waals surface area contributed by atoms with Gasteiger partial charge < -0.3 is 5.73 Å². The van der Waals surface area contributed by atoms with Gasteiger partial charge in [-0.1, -0.05) is 42.0 Å². The number of rotatable bonds is 6. The Balaban J connectivity index is 2.07. The number of hydrogen-bond acceptors (Lipinski definition) is 3. The summed E-state index contributed by atoms with van der Waals surface area (Å²) in [5.74, 6) is 0. The maximum absolute atomic E-state index is 12.2. The maximum Gasteiger partial charge on any atom is 0.240 e. The molecule has 0 amide bonds. The van der Waals surface area contributed by atoms with Gasteiger partial charge in [0.25, 0.3) is 0 Å². The molecule has 2 aromatic rings. The number of sulfonamides is 1. The van der Waals surface area contributed by atoms with Gasteiger partial charge in [-0.2, -0.15) is 0 Å². The van der Waals surface area contributed by atoms with E-state index in [-0.39, 0.29) is 11.4 Å². The van der Waals surface area contributed by atoms with Gasteiger partial charge in [0.05, 0.1) is 4.90 Å². The van der Waals surface area contributed by atoms with Crippen LogP contribution >= 0.6 is 0 Å². The number of benzene rings is 2. The molecule has 0 atom stereocenters. The van der Waals surface area contributed by atoms with Crippen molar-refractivity contribution in [3.05, 3.63) is 65.2 Å². The second-order valence-corrected chi connectivity index (χ2v) is 6.76. The predicted molar refractivity (Wildman–Crippen MR) is 84.4 cm³/mol. The molecule has 0 saturated heterocycles. The van der Waals surface area contributed by atoms with E-state index >= 15 is 0 Å². The maximum atomic E-state index is 12.2. The minimum Gasteiger partial charge on any atom is -0.330 e. The Morgan fingerprint density at radius 1 is 1.05 bits per heavy atom. The van der Waals surface area contributed by atoms with Gasteiger partial charge in [-0.15, -0.1) is 0 Å². The van der Waals surface area contributed by atoms with Gasteiger partial charge >= 0.3 is 0 Å². The van der Waals surface area contributed by atoms with Crippen LogP contribution in [0.15, 0.2) is 53.4 Å². The summed E-state index contributed by atoms with van der Waals surface area (Å²) in [5, 5.41) is 0. The van der Waals surface area contributed by atoms with E-state index in [1.165, 1.54) is 0 Å². The fourth-order valence-corrected chi connectivity index (χ4v) is 3.10. The Morgan fingerprint density at radius 2 is 1.76 bits per heavy atom. The minimum absolute atomic E-state index is 0.274. The van der Waals surface area contributed by atoms with Crippen LogP contribution in [-0.2, 0) is 23.0 Å². The molecule has 112 valence electrons. The molecule has 0 bridgehead atoms. The zero-order valence-electron chi connectivity index (χ0n) is 12.0. The quantitative estimate of drug-likeness (QED) is 0.857. The lowest BCUT2D eigenvalue weighted by molar-refractivity contribution is 0.581. The van der Waals surface area contributed by atoms with E-state index in [9.17, 15) is 8.42 Å². The summed E-state index contributed by atoms with van der Waals surface area (Å²) < 4.78 is 27.1. The summed E-state index contributed by atoms with van der Waals surface area (Å²) in [6.07, 6.45) is 0.747. The molecule has 0 heterocycles. The Labute approximate surface area is 126 Å². The van der Waals surface area contributed by atoms with Crippen molar-refractivity contribution in [1.82, 2.24) is 4.72 Å². The SMILES string of the molecule is Cc1cccc(CNS(=O)(=O)c2ccc(CCN)cc2)c1. The molecular weight excluding hydrogens is 284 g/mol.